The number of likely N-dealkylation sites (N-methyl/N-ethyl adjacent to an activating group) is 1. The summed E-state index contributed by atoms with van der Waals surface area (Å²) in [5.41, 5.74) is 1.60. The van der Waals surface area contributed by atoms with Crippen molar-refractivity contribution in [2.24, 2.45) is 0 Å². The van der Waals surface area contributed by atoms with Crippen molar-refractivity contribution in [3.8, 4) is 5.75 Å². The van der Waals surface area contributed by atoms with Crippen molar-refractivity contribution < 1.29 is 14.3 Å². The number of urea groups is 1. The van der Waals surface area contributed by atoms with Crippen LogP contribution < -0.4 is 15.4 Å². The monoisotopic (exact) mass is 414 g/mol. The smallest absolute Gasteiger partial charge is 0.319 e. The summed E-state index contributed by atoms with van der Waals surface area (Å²) < 4.78 is 7.42. The van der Waals surface area contributed by atoms with Gasteiger partial charge >= 0.3 is 6.03 Å². The first-order chi connectivity index (χ1) is 13.9. The minimum atomic E-state index is -0.318. The van der Waals surface area contributed by atoms with Crippen molar-refractivity contribution in [1.29, 1.82) is 0 Å². The normalized spacial score (nSPS) is 10.6. The predicted octanol–water partition coefficient (Wildman–Crippen LogP) is 3.58. The fourth-order valence-electron chi connectivity index (χ4n) is 2.77. The Morgan fingerprint density at radius 1 is 1.14 bits per heavy atom. The van der Waals surface area contributed by atoms with E-state index in [0.717, 1.165) is 10.9 Å². The number of fused-ring (bicyclic) bond motifs is 1. The number of hydrogen-bond donors (Lipinski definition) is 2. The lowest BCUT2D eigenvalue weighted by atomic mass is 10.2. The van der Waals surface area contributed by atoms with Crippen molar-refractivity contribution in [3.05, 3.63) is 59.8 Å². The summed E-state index contributed by atoms with van der Waals surface area (Å²) in [5, 5.41) is 7.09. The van der Waals surface area contributed by atoms with Gasteiger partial charge in [0.25, 0.3) is 0 Å². The number of ether oxygens (including phenoxy) is 1. The van der Waals surface area contributed by atoms with Gasteiger partial charge in [-0.3, -0.25) is 4.79 Å². The van der Waals surface area contributed by atoms with Crippen molar-refractivity contribution in [3.63, 3.8) is 0 Å². The standard InChI is InChI=1S/C21H23ClN4O3/c1-25(2)20(27)14-26-10-8-15-12-17(6-7-19(15)26)24-21(28)23-9-11-29-18-5-3-4-16(22)13-18/h3-8,10,12-13H,9,11,14H2,1-2H3,(H2,23,24,28). The number of rotatable bonds is 7. The van der Waals surface area contributed by atoms with Gasteiger partial charge in [-0.05, 0) is 42.5 Å². The second-order valence-corrected chi connectivity index (χ2v) is 7.13. The van der Waals surface area contributed by atoms with Gasteiger partial charge in [0, 0.05) is 41.9 Å². The van der Waals surface area contributed by atoms with E-state index >= 15 is 0 Å². The number of aromatic nitrogens is 1. The van der Waals surface area contributed by atoms with Gasteiger partial charge in [-0.15, -0.1) is 0 Å². The molecular formula is C21H23ClN4O3. The molecule has 0 saturated carbocycles. The highest BCUT2D eigenvalue weighted by atomic mass is 35.5. The molecule has 0 atom stereocenters. The van der Waals surface area contributed by atoms with Crippen LogP contribution >= 0.6 is 11.6 Å². The Kier molecular flexibility index (Phi) is 6.61. The minimum absolute atomic E-state index is 0.0177. The van der Waals surface area contributed by atoms with Crippen LogP contribution in [0.25, 0.3) is 10.9 Å². The van der Waals surface area contributed by atoms with Crippen LogP contribution in [0.4, 0.5) is 10.5 Å². The van der Waals surface area contributed by atoms with Crippen LogP contribution in [0.15, 0.2) is 54.7 Å². The third kappa shape index (κ3) is 5.65. The van der Waals surface area contributed by atoms with Crippen LogP contribution in [0.2, 0.25) is 5.02 Å². The van der Waals surface area contributed by atoms with E-state index in [0.29, 0.717) is 29.6 Å². The molecule has 0 aliphatic heterocycles. The number of nitrogens with zero attached hydrogens (tertiary/aromatic N) is 2. The van der Waals surface area contributed by atoms with E-state index in [9.17, 15) is 9.59 Å². The highest BCUT2D eigenvalue weighted by molar-refractivity contribution is 6.30. The number of anilines is 1. The van der Waals surface area contributed by atoms with Crippen molar-refractivity contribution in [1.82, 2.24) is 14.8 Å². The second kappa shape index (κ2) is 9.34. The molecule has 2 N–H and O–H groups in total. The Hall–Kier alpha value is -3.19. The van der Waals surface area contributed by atoms with Gasteiger partial charge in [-0.2, -0.15) is 0 Å². The van der Waals surface area contributed by atoms with E-state index in [1.807, 2.05) is 29.0 Å². The molecule has 0 saturated heterocycles. The maximum absolute atomic E-state index is 12.1. The Morgan fingerprint density at radius 3 is 2.72 bits per heavy atom. The first-order valence-electron chi connectivity index (χ1n) is 9.14. The average molecular weight is 415 g/mol. The van der Waals surface area contributed by atoms with Gasteiger partial charge in [0.15, 0.2) is 0 Å². The molecule has 8 heteroatoms. The fraction of sp³-hybridized carbons (Fsp3) is 0.238. The van der Waals surface area contributed by atoms with Gasteiger partial charge in [-0.1, -0.05) is 17.7 Å². The SMILES string of the molecule is CN(C)C(=O)Cn1ccc2cc(NC(=O)NCCOc3cccc(Cl)c3)ccc21. The van der Waals surface area contributed by atoms with Crippen LogP contribution in [0.3, 0.4) is 0 Å². The predicted molar refractivity (Wildman–Crippen MR) is 115 cm³/mol. The summed E-state index contributed by atoms with van der Waals surface area (Å²) in [6.07, 6.45) is 1.86. The Bertz CT molecular complexity index is 1020. The van der Waals surface area contributed by atoms with E-state index in [-0.39, 0.29) is 18.5 Å². The summed E-state index contributed by atoms with van der Waals surface area (Å²) in [7, 11) is 3.46. The average Bonchev–Trinajstić information content (AvgIpc) is 3.07. The summed E-state index contributed by atoms with van der Waals surface area (Å²) in [6.45, 7) is 0.954. The van der Waals surface area contributed by atoms with E-state index in [1.165, 1.54) is 0 Å². The molecule has 152 valence electrons. The van der Waals surface area contributed by atoms with Crippen LogP contribution in [-0.2, 0) is 11.3 Å². The molecule has 0 radical (unpaired) electrons. The number of nitrogens with one attached hydrogen (secondary N) is 2. The molecule has 0 fully saturated rings. The molecule has 7 nitrogen and oxygen atoms in total. The summed E-state index contributed by atoms with van der Waals surface area (Å²) >= 11 is 5.90. The maximum Gasteiger partial charge on any atom is 0.319 e. The molecule has 0 unspecified atom stereocenters. The Balaban J connectivity index is 1.50. The fourth-order valence-corrected chi connectivity index (χ4v) is 2.95. The minimum Gasteiger partial charge on any atom is -0.492 e. The van der Waals surface area contributed by atoms with E-state index in [1.54, 1.807) is 49.3 Å². The van der Waals surface area contributed by atoms with Crippen molar-refractivity contribution in [2.75, 3.05) is 32.6 Å². The molecule has 3 aromatic rings. The second-order valence-electron chi connectivity index (χ2n) is 6.69. The van der Waals surface area contributed by atoms with Gasteiger partial charge < -0.3 is 24.8 Å². The number of carbonyl (C=O) groups is 2. The molecule has 0 aliphatic rings. The van der Waals surface area contributed by atoms with E-state index in [2.05, 4.69) is 10.6 Å². The highest BCUT2D eigenvalue weighted by Crippen LogP contribution is 2.21. The highest BCUT2D eigenvalue weighted by Gasteiger charge is 2.09. The largest absolute Gasteiger partial charge is 0.492 e. The molecule has 0 aliphatic carbocycles. The molecular weight excluding hydrogens is 392 g/mol. The number of halogens is 1. The number of hydrogen-bond acceptors (Lipinski definition) is 3. The summed E-state index contributed by atoms with van der Waals surface area (Å²) in [4.78, 5) is 25.6. The van der Waals surface area contributed by atoms with Gasteiger partial charge in [0.1, 0.15) is 18.9 Å². The molecule has 1 heterocycles. The number of carbonyl (C=O) groups excluding carboxylic acids is 2. The Morgan fingerprint density at radius 2 is 1.97 bits per heavy atom. The van der Waals surface area contributed by atoms with Crippen molar-refractivity contribution in [2.45, 2.75) is 6.54 Å². The van der Waals surface area contributed by atoms with Crippen LogP contribution in [0.5, 0.6) is 5.75 Å². The van der Waals surface area contributed by atoms with Crippen LogP contribution in [0, 0.1) is 0 Å². The van der Waals surface area contributed by atoms with Crippen LogP contribution in [0.1, 0.15) is 0 Å². The molecule has 0 bridgehead atoms. The zero-order valence-electron chi connectivity index (χ0n) is 16.3. The molecule has 1 aromatic heterocycles. The maximum atomic E-state index is 12.1. The van der Waals surface area contributed by atoms with Gasteiger partial charge in [-0.25, -0.2) is 4.79 Å². The van der Waals surface area contributed by atoms with E-state index < -0.39 is 0 Å². The third-order valence-electron chi connectivity index (χ3n) is 4.29. The molecule has 3 rings (SSSR count). The van der Waals surface area contributed by atoms with Crippen molar-refractivity contribution >= 4 is 40.1 Å². The molecule has 0 spiro atoms. The Labute approximate surface area is 174 Å². The number of benzene rings is 2. The van der Waals surface area contributed by atoms with E-state index in [4.69, 9.17) is 16.3 Å². The molecule has 29 heavy (non-hydrogen) atoms. The lowest BCUT2D eigenvalue weighted by Gasteiger charge is -2.12. The molecule has 2 aromatic carbocycles. The van der Waals surface area contributed by atoms with Gasteiger partial charge in [0.2, 0.25) is 5.91 Å². The quantitative estimate of drug-likeness (QED) is 0.580. The van der Waals surface area contributed by atoms with Crippen LogP contribution in [-0.4, -0.2) is 48.7 Å². The number of amides is 3. The first-order valence-corrected chi connectivity index (χ1v) is 9.52. The summed E-state index contributed by atoms with van der Waals surface area (Å²) in [5.74, 6) is 0.673. The first kappa shape index (κ1) is 20.5. The topological polar surface area (TPSA) is 75.6 Å². The summed E-state index contributed by atoms with van der Waals surface area (Å²) in [6, 6.07) is 14.3. The van der Waals surface area contributed by atoms with Gasteiger partial charge in [0.05, 0.1) is 6.54 Å². The zero-order chi connectivity index (χ0) is 20.8. The zero-order valence-corrected chi connectivity index (χ0v) is 17.1. The lowest BCUT2D eigenvalue weighted by molar-refractivity contribution is -0.129. The lowest BCUT2D eigenvalue weighted by Crippen LogP contribution is -2.32. The third-order valence-corrected chi connectivity index (χ3v) is 4.52. The molecule has 3 amide bonds.